The number of sulfonamides is 1. The van der Waals surface area contributed by atoms with Gasteiger partial charge in [-0.15, -0.1) is 0 Å². The van der Waals surface area contributed by atoms with Gasteiger partial charge in [-0.2, -0.15) is 0 Å². The van der Waals surface area contributed by atoms with Crippen molar-refractivity contribution in [2.75, 3.05) is 17.5 Å². The minimum Gasteiger partial charge on any atom is -0.494 e. The number of hydrogen-bond donors (Lipinski definition) is 1. The van der Waals surface area contributed by atoms with Crippen molar-refractivity contribution in [3.8, 4) is 5.75 Å². The first-order valence-corrected chi connectivity index (χ1v) is 15.8. The SMILES string of the molecule is CCOc1ccc(N(CC(=O)N(Cc2ccccc2Cl)[C@H](C)C(=O)NC2CCCC2)S(=O)(=O)c2ccc(F)cc2)cc1. The average Bonchev–Trinajstić information content (AvgIpc) is 3.49. The summed E-state index contributed by atoms with van der Waals surface area (Å²) in [7, 11) is -4.32. The Balaban J connectivity index is 1.69. The van der Waals surface area contributed by atoms with Crippen molar-refractivity contribution in [2.24, 2.45) is 0 Å². The molecule has 8 nitrogen and oxygen atoms in total. The second-order valence-electron chi connectivity index (χ2n) is 10.2. The van der Waals surface area contributed by atoms with Crippen LogP contribution in [-0.2, 0) is 26.2 Å². The first kappa shape index (κ1) is 31.3. The van der Waals surface area contributed by atoms with Crippen LogP contribution in [0.15, 0.2) is 77.7 Å². The molecule has 1 fully saturated rings. The summed E-state index contributed by atoms with van der Waals surface area (Å²) in [5.41, 5.74) is 0.818. The molecule has 11 heteroatoms. The predicted molar refractivity (Wildman–Crippen MR) is 160 cm³/mol. The van der Waals surface area contributed by atoms with Crippen molar-refractivity contribution in [3.05, 3.63) is 89.2 Å². The van der Waals surface area contributed by atoms with Crippen LogP contribution >= 0.6 is 11.6 Å². The van der Waals surface area contributed by atoms with Gasteiger partial charge in [-0.3, -0.25) is 13.9 Å². The van der Waals surface area contributed by atoms with Crippen LogP contribution in [0.25, 0.3) is 0 Å². The minimum absolute atomic E-state index is 0.00846. The van der Waals surface area contributed by atoms with Crippen LogP contribution in [0, 0.1) is 5.82 Å². The van der Waals surface area contributed by atoms with Gasteiger partial charge in [0.25, 0.3) is 10.0 Å². The predicted octanol–water partition coefficient (Wildman–Crippen LogP) is 5.55. The molecule has 0 saturated heterocycles. The van der Waals surface area contributed by atoms with E-state index in [1.54, 1.807) is 43.3 Å². The summed E-state index contributed by atoms with van der Waals surface area (Å²) in [4.78, 5) is 28.5. The van der Waals surface area contributed by atoms with Crippen molar-refractivity contribution in [1.82, 2.24) is 10.2 Å². The summed E-state index contributed by atoms with van der Waals surface area (Å²) in [6, 6.07) is 16.8. The molecule has 2 amide bonds. The molecule has 1 saturated carbocycles. The maximum Gasteiger partial charge on any atom is 0.264 e. The molecule has 1 N–H and O–H groups in total. The average molecular weight is 616 g/mol. The molecule has 4 rings (SSSR count). The van der Waals surface area contributed by atoms with Crippen LogP contribution in [0.4, 0.5) is 10.1 Å². The van der Waals surface area contributed by atoms with Crippen molar-refractivity contribution in [3.63, 3.8) is 0 Å². The van der Waals surface area contributed by atoms with Crippen LogP contribution in [0.3, 0.4) is 0 Å². The molecular weight excluding hydrogens is 581 g/mol. The summed E-state index contributed by atoms with van der Waals surface area (Å²) in [5.74, 6) is -0.991. The van der Waals surface area contributed by atoms with Crippen molar-refractivity contribution in [1.29, 1.82) is 0 Å². The third kappa shape index (κ3) is 7.60. The number of anilines is 1. The van der Waals surface area contributed by atoms with E-state index in [0.717, 1.165) is 54.3 Å². The highest BCUT2D eigenvalue weighted by Crippen LogP contribution is 2.27. The molecule has 0 aromatic heterocycles. The summed E-state index contributed by atoms with van der Waals surface area (Å²) in [5, 5.41) is 3.45. The Labute approximate surface area is 251 Å². The number of halogens is 2. The molecule has 0 heterocycles. The molecule has 0 bridgehead atoms. The Bertz CT molecular complexity index is 1480. The van der Waals surface area contributed by atoms with Gasteiger partial charge in [-0.05, 0) is 86.8 Å². The highest BCUT2D eigenvalue weighted by Gasteiger charge is 2.33. The van der Waals surface area contributed by atoms with Gasteiger partial charge in [0.05, 0.1) is 17.2 Å². The van der Waals surface area contributed by atoms with E-state index in [0.29, 0.717) is 22.9 Å². The Morgan fingerprint density at radius 1 is 1.02 bits per heavy atom. The highest BCUT2D eigenvalue weighted by atomic mass is 35.5. The molecule has 3 aromatic carbocycles. The number of ether oxygens (including phenoxy) is 1. The van der Waals surface area contributed by atoms with Gasteiger partial charge >= 0.3 is 0 Å². The second-order valence-corrected chi connectivity index (χ2v) is 12.4. The zero-order chi connectivity index (χ0) is 30.3. The van der Waals surface area contributed by atoms with Crippen LogP contribution in [0.5, 0.6) is 5.75 Å². The fourth-order valence-electron chi connectivity index (χ4n) is 4.92. The summed E-state index contributed by atoms with van der Waals surface area (Å²) >= 11 is 6.41. The van der Waals surface area contributed by atoms with Gasteiger partial charge < -0.3 is 15.0 Å². The fraction of sp³-hybridized carbons (Fsp3) is 0.355. The number of carbonyl (C=O) groups is 2. The molecule has 0 unspecified atom stereocenters. The molecule has 0 aliphatic heterocycles. The molecule has 1 aliphatic rings. The lowest BCUT2D eigenvalue weighted by molar-refractivity contribution is -0.139. The third-order valence-electron chi connectivity index (χ3n) is 7.28. The number of amides is 2. The van der Waals surface area contributed by atoms with Crippen molar-refractivity contribution >= 4 is 39.1 Å². The zero-order valence-corrected chi connectivity index (χ0v) is 25.2. The largest absolute Gasteiger partial charge is 0.494 e. The van der Waals surface area contributed by atoms with Crippen molar-refractivity contribution in [2.45, 2.75) is 63.1 Å². The van der Waals surface area contributed by atoms with Gasteiger partial charge in [0.1, 0.15) is 24.2 Å². The first-order chi connectivity index (χ1) is 20.1. The van der Waals surface area contributed by atoms with E-state index in [1.807, 2.05) is 6.92 Å². The Hall–Kier alpha value is -3.63. The lowest BCUT2D eigenvalue weighted by Gasteiger charge is -2.32. The highest BCUT2D eigenvalue weighted by molar-refractivity contribution is 7.92. The molecule has 3 aromatic rings. The van der Waals surface area contributed by atoms with Gasteiger partial charge in [0.2, 0.25) is 11.8 Å². The van der Waals surface area contributed by atoms with E-state index in [1.165, 1.54) is 17.0 Å². The van der Waals surface area contributed by atoms with Crippen LogP contribution in [-0.4, -0.2) is 50.4 Å². The van der Waals surface area contributed by atoms with E-state index in [4.69, 9.17) is 16.3 Å². The smallest absolute Gasteiger partial charge is 0.264 e. The number of rotatable bonds is 12. The van der Waals surface area contributed by atoms with Gasteiger partial charge in [-0.25, -0.2) is 12.8 Å². The molecule has 42 heavy (non-hydrogen) atoms. The lowest BCUT2D eigenvalue weighted by atomic mass is 10.1. The van der Waals surface area contributed by atoms with Crippen LogP contribution in [0.2, 0.25) is 5.02 Å². The van der Waals surface area contributed by atoms with Gasteiger partial charge in [0.15, 0.2) is 0 Å². The number of benzene rings is 3. The summed E-state index contributed by atoms with van der Waals surface area (Å²) in [6.45, 7) is 3.25. The molecule has 224 valence electrons. The fourth-order valence-corrected chi connectivity index (χ4v) is 6.53. The molecular formula is C31H35ClFN3O5S. The third-order valence-corrected chi connectivity index (χ3v) is 9.44. The van der Waals surface area contributed by atoms with Crippen molar-refractivity contribution < 1.29 is 27.1 Å². The van der Waals surface area contributed by atoms with Gasteiger partial charge in [-0.1, -0.05) is 42.6 Å². The van der Waals surface area contributed by atoms with E-state index in [-0.39, 0.29) is 29.1 Å². The zero-order valence-electron chi connectivity index (χ0n) is 23.6. The normalized spacial score (nSPS) is 14.3. The standard InChI is InChI=1S/C31H35ClFN3O5S/c1-3-41-27-16-14-26(15-17-27)36(42(39,40)28-18-12-24(33)13-19-28)21-30(37)35(20-23-8-4-7-11-29(23)32)22(2)31(38)34-25-9-5-6-10-25/h4,7-8,11-19,22,25H,3,5-6,9-10,20-21H2,1-2H3,(H,34,38)/t22-/m1/s1. The van der Waals surface area contributed by atoms with E-state index in [2.05, 4.69) is 5.32 Å². The summed E-state index contributed by atoms with van der Waals surface area (Å²) in [6.07, 6.45) is 3.80. The second kappa shape index (κ2) is 14.0. The topological polar surface area (TPSA) is 96.0 Å². The lowest BCUT2D eigenvalue weighted by Crippen LogP contribution is -2.52. The number of hydrogen-bond acceptors (Lipinski definition) is 5. The quantitative estimate of drug-likeness (QED) is 0.288. The Morgan fingerprint density at radius 2 is 1.67 bits per heavy atom. The van der Waals surface area contributed by atoms with Crippen LogP contribution < -0.4 is 14.4 Å². The number of carbonyl (C=O) groups excluding carboxylic acids is 2. The molecule has 0 spiro atoms. The minimum atomic E-state index is -4.32. The maximum absolute atomic E-state index is 14.0. The molecule has 1 atom stereocenters. The number of nitrogens with one attached hydrogen (secondary N) is 1. The first-order valence-electron chi connectivity index (χ1n) is 13.9. The molecule has 1 aliphatic carbocycles. The molecule has 0 radical (unpaired) electrons. The van der Waals surface area contributed by atoms with E-state index >= 15 is 0 Å². The Morgan fingerprint density at radius 3 is 2.29 bits per heavy atom. The monoisotopic (exact) mass is 615 g/mol. The van der Waals surface area contributed by atoms with Crippen LogP contribution in [0.1, 0.15) is 45.1 Å². The Kier molecular flexibility index (Phi) is 10.5. The number of nitrogens with zero attached hydrogens (tertiary/aromatic N) is 2. The summed E-state index contributed by atoms with van der Waals surface area (Å²) < 4.78 is 47.8. The van der Waals surface area contributed by atoms with Gasteiger partial charge in [0, 0.05) is 17.6 Å². The van der Waals surface area contributed by atoms with E-state index < -0.39 is 34.3 Å². The maximum atomic E-state index is 14.0. The van der Waals surface area contributed by atoms with E-state index in [9.17, 15) is 22.4 Å².